The highest BCUT2D eigenvalue weighted by molar-refractivity contribution is 7.13. The molecule has 1 aliphatic heterocycles. The topological polar surface area (TPSA) is 93.3 Å². The second-order valence-corrected chi connectivity index (χ2v) is 9.66. The standard InChI is InChI=1S/C27H27N5O2S/c28-26(33)20-12-14-31(15-13-20)22-10-8-21(9-11-22)29-27(34)23-18-32(17-19-5-2-1-3-6-19)30-25(23)24-7-4-16-35-24/h1-11,16,18,20H,12-15,17H2,(H2,28,33)(H,29,34). The number of hydrogen-bond acceptors (Lipinski definition) is 5. The van der Waals surface area contributed by atoms with Gasteiger partial charge in [0, 0.05) is 36.6 Å². The van der Waals surface area contributed by atoms with E-state index in [0.29, 0.717) is 17.8 Å². The van der Waals surface area contributed by atoms with E-state index >= 15 is 0 Å². The number of rotatable bonds is 7. The Hall–Kier alpha value is -3.91. The fourth-order valence-electron chi connectivity index (χ4n) is 4.41. The number of hydrogen-bond donors (Lipinski definition) is 2. The number of thiophene rings is 1. The summed E-state index contributed by atoms with van der Waals surface area (Å²) in [4.78, 5) is 27.9. The summed E-state index contributed by atoms with van der Waals surface area (Å²) in [5, 5.41) is 9.74. The van der Waals surface area contributed by atoms with Crippen LogP contribution >= 0.6 is 11.3 Å². The Morgan fingerprint density at radius 1 is 1.00 bits per heavy atom. The molecule has 0 spiro atoms. The monoisotopic (exact) mass is 485 g/mol. The number of piperidine rings is 1. The van der Waals surface area contributed by atoms with Gasteiger partial charge in [0.1, 0.15) is 5.69 Å². The molecular weight excluding hydrogens is 458 g/mol. The summed E-state index contributed by atoms with van der Waals surface area (Å²) in [7, 11) is 0. The van der Waals surface area contributed by atoms with E-state index in [-0.39, 0.29) is 17.7 Å². The van der Waals surface area contributed by atoms with Gasteiger partial charge in [-0.3, -0.25) is 14.3 Å². The fourth-order valence-corrected chi connectivity index (χ4v) is 5.13. The summed E-state index contributed by atoms with van der Waals surface area (Å²) < 4.78 is 1.82. The summed E-state index contributed by atoms with van der Waals surface area (Å²) in [6, 6.07) is 21.8. The molecule has 3 heterocycles. The molecule has 4 aromatic rings. The minimum Gasteiger partial charge on any atom is -0.371 e. The van der Waals surface area contributed by atoms with Crippen molar-refractivity contribution in [3.63, 3.8) is 0 Å². The molecule has 5 rings (SSSR count). The summed E-state index contributed by atoms with van der Waals surface area (Å²) in [6.45, 7) is 2.18. The highest BCUT2D eigenvalue weighted by Crippen LogP contribution is 2.29. The maximum atomic E-state index is 13.3. The van der Waals surface area contributed by atoms with Crippen LogP contribution in [0, 0.1) is 5.92 Å². The quantitative estimate of drug-likeness (QED) is 0.400. The predicted octanol–water partition coefficient (Wildman–Crippen LogP) is 4.61. The highest BCUT2D eigenvalue weighted by Gasteiger charge is 2.23. The third-order valence-corrected chi connectivity index (χ3v) is 7.21. The van der Waals surface area contributed by atoms with Crippen LogP contribution in [0.2, 0.25) is 0 Å². The molecule has 35 heavy (non-hydrogen) atoms. The maximum Gasteiger partial charge on any atom is 0.259 e. The SMILES string of the molecule is NC(=O)C1CCN(c2ccc(NC(=O)c3cn(Cc4ccccc4)nc3-c3cccs3)cc2)CC1. The zero-order valence-corrected chi connectivity index (χ0v) is 20.1. The number of benzene rings is 2. The van der Waals surface area contributed by atoms with E-state index in [1.165, 1.54) is 0 Å². The molecule has 1 aliphatic rings. The zero-order chi connectivity index (χ0) is 24.2. The van der Waals surface area contributed by atoms with Crippen LogP contribution in [0.3, 0.4) is 0 Å². The average molecular weight is 486 g/mol. The molecule has 0 saturated carbocycles. The molecule has 3 N–H and O–H groups in total. The summed E-state index contributed by atoms with van der Waals surface area (Å²) >= 11 is 1.56. The van der Waals surface area contributed by atoms with Crippen LogP contribution in [0.25, 0.3) is 10.6 Å². The molecule has 1 fully saturated rings. The lowest BCUT2D eigenvalue weighted by atomic mass is 9.96. The number of aromatic nitrogens is 2. The molecule has 2 amide bonds. The van der Waals surface area contributed by atoms with Crippen LogP contribution in [0.4, 0.5) is 11.4 Å². The van der Waals surface area contributed by atoms with E-state index in [9.17, 15) is 9.59 Å². The number of anilines is 2. The Kier molecular flexibility index (Phi) is 6.63. The first kappa shape index (κ1) is 22.9. The second-order valence-electron chi connectivity index (χ2n) is 8.72. The Bertz CT molecular complexity index is 1290. The lowest BCUT2D eigenvalue weighted by Gasteiger charge is -2.32. The summed E-state index contributed by atoms with van der Waals surface area (Å²) in [6.07, 6.45) is 3.35. The molecule has 2 aromatic heterocycles. The second kappa shape index (κ2) is 10.1. The van der Waals surface area contributed by atoms with Crippen molar-refractivity contribution in [2.75, 3.05) is 23.3 Å². The van der Waals surface area contributed by atoms with Gasteiger partial charge >= 0.3 is 0 Å². The van der Waals surface area contributed by atoms with Crippen LogP contribution in [0.15, 0.2) is 78.3 Å². The number of nitrogens with two attached hydrogens (primary N) is 1. The number of amides is 2. The zero-order valence-electron chi connectivity index (χ0n) is 19.3. The first-order valence-corrected chi connectivity index (χ1v) is 12.6. The number of carbonyl (C=O) groups excluding carboxylic acids is 2. The first-order valence-electron chi connectivity index (χ1n) is 11.7. The van der Waals surface area contributed by atoms with E-state index < -0.39 is 0 Å². The van der Waals surface area contributed by atoms with Gasteiger partial charge in [0.25, 0.3) is 5.91 Å². The molecule has 8 heteroatoms. The van der Waals surface area contributed by atoms with E-state index in [4.69, 9.17) is 10.8 Å². The van der Waals surface area contributed by atoms with Crippen molar-refractivity contribution in [3.8, 4) is 10.6 Å². The largest absolute Gasteiger partial charge is 0.371 e. The van der Waals surface area contributed by atoms with Crippen molar-refractivity contribution in [3.05, 3.63) is 89.4 Å². The Balaban J connectivity index is 1.30. The van der Waals surface area contributed by atoms with Crippen molar-refractivity contribution in [1.82, 2.24) is 9.78 Å². The van der Waals surface area contributed by atoms with Gasteiger partial charge in [-0.1, -0.05) is 36.4 Å². The van der Waals surface area contributed by atoms with Crippen molar-refractivity contribution < 1.29 is 9.59 Å². The molecule has 7 nitrogen and oxygen atoms in total. The van der Waals surface area contributed by atoms with E-state index in [2.05, 4.69) is 10.2 Å². The number of carbonyl (C=O) groups is 2. The van der Waals surface area contributed by atoms with Gasteiger partial charge in [0.2, 0.25) is 5.91 Å². The Morgan fingerprint density at radius 2 is 1.74 bits per heavy atom. The lowest BCUT2D eigenvalue weighted by Crippen LogP contribution is -2.38. The smallest absolute Gasteiger partial charge is 0.259 e. The van der Waals surface area contributed by atoms with Crippen LogP contribution in [-0.4, -0.2) is 34.7 Å². The van der Waals surface area contributed by atoms with Crippen LogP contribution < -0.4 is 16.0 Å². The molecular formula is C27H27N5O2S. The predicted molar refractivity (Wildman–Crippen MR) is 140 cm³/mol. The van der Waals surface area contributed by atoms with Gasteiger partial charge in [-0.25, -0.2) is 0 Å². The first-order chi connectivity index (χ1) is 17.1. The maximum absolute atomic E-state index is 13.3. The van der Waals surface area contributed by atoms with Gasteiger partial charge in [-0.15, -0.1) is 11.3 Å². The van der Waals surface area contributed by atoms with E-state index in [1.54, 1.807) is 11.3 Å². The van der Waals surface area contributed by atoms with Gasteiger partial charge in [-0.05, 0) is 54.1 Å². The van der Waals surface area contributed by atoms with Crippen molar-refractivity contribution in [1.29, 1.82) is 0 Å². The third kappa shape index (κ3) is 5.27. The van der Waals surface area contributed by atoms with Gasteiger partial charge < -0.3 is 16.0 Å². The van der Waals surface area contributed by atoms with Gasteiger partial charge in [0.05, 0.1) is 17.0 Å². The fraction of sp³-hybridized carbons (Fsp3) is 0.222. The summed E-state index contributed by atoms with van der Waals surface area (Å²) in [5.74, 6) is -0.440. The Labute approximate surface area is 208 Å². The summed E-state index contributed by atoms with van der Waals surface area (Å²) in [5.41, 5.74) is 9.58. The average Bonchev–Trinajstić information content (AvgIpc) is 3.55. The molecule has 1 saturated heterocycles. The minimum absolute atomic E-state index is 0.0369. The molecule has 2 aromatic carbocycles. The molecule has 178 valence electrons. The minimum atomic E-state index is -0.211. The number of nitrogens with zero attached hydrogens (tertiary/aromatic N) is 3. The highest BCUT2D eigenvalue weighted by atomic mass is 32.1. The molecule has 0 bridgehead atoms. The van der Waals surface area contributed by atoms with Crippen LogP contribution in [0.5, 0.6) is 0 Å². The van der Waals surface area contributed by atoms with Crippen molar-refractivity contribution >= 4 is 34.5 Å². The van der Waals surface area contributed by atoms with Crippen molar-refractivity contribution in [2.45, 2.75) is 19.4 Å². The molecule has 0 unspecified atom stereocenters. The van der Waals surface area contributed by atoms with Gasteiger partial charge in [0.15, 0.2) is 0 Å². The van der Waals surface area contributed by atoms with Gasteiger partial charge in [-0.2, -0.15) is 5.10 Å². The van der Waals surface area contributed by atoms with E-state index in [1.807, 2.05) is 83.0 Å². The van der Waals surface area contributed by atoms with Crippen molar-refractivity contribution in [2.24, 2.45) is 11.7 Å². The van der Waals surface area contributed by atoms with E-state index in [0.717, 1.165) is 47.7 Å². The Morgan fingerprint density at radius 3 is 2.40 bits per heavy atom. The molecule has 0 radical (unpaired) electrons. The van der Waals surface area contributed by atoms with Crippen LogP contribution in [-0.2, 0) is 11.3 Å². The number of nitrogens with one attached hydrogen (secondary N) is 1. The molecule has 0 atom stereocenters. The third-order valence-electron chi connectivity index (χ3n) is 6.34. The molecule has 0 aliphatic carbocycles. The number of primary amides is 1. The normalized spacial score (nSPS) is 14.1. The van der Waals surface area contributed by atoms with Crippen LogP contribution in [0.1, 0.15) is 28.8 Å². The lowest BCUT2D eigenvalue weighted by molar-refractivity contribution is -0.122.